The molecule has 1 amide bonds. The van der Waals surface area contributed by atoms with Crippen LogP contribution in [-0.2, 0) is 4.79 Å². The molecule has 0 atom stereocenters. The largest absolute Gasteiger partial charge is 0.497 e. The summed E-state index contributed by atoms with van der Waals surface area (Å²) < 4.78 is 5.38. The highest BCUT2D eigenvalue weighted by Crippen LogP contribution is 2.32. The Bertz CT molecular complexity index is 1180. The number of hydrogen-bond donors (Lipinski definition) is 3. The van der Waals surface area contributed by atoms with Crippen LogP contribution in [0.1, 0.15) is 12.6 Å². The van der Waals surface area contributed by atoms with Gasteiger partial charge in [-0.25, -0.2) is 4.98 Å². The maximum atomic E-state index is 11.3. The van der Waals surface area contributed by atoms with Gasteiger partial charge >= 0.3 is 0 Å². The molecule has 0 saturated carbocycles. The molecule has 3 N–H and O–H groups in total. The minimum Gasteiger partial charge on any atom is -0.497 e. The van der Waals surface area contributed by atoms with Crippen molar-refractivity contribution in [2.75, 3.05) is 17.7 Å². The topological polar surface area (TPSA) is 91.9 Å². The van der Waals surface area contributed by atoms with Crippen LogP contribution in [-0.4, -0.2) is 28.2 Å². The Labute approximate surface area is 168 Å². The highest BCUT2D eigenvalue weighted by molar-refractivity contribution is 5.97. The van der Waals surface area contributed by atoms with Crippen molar-refractivity contribution in [3.63, 3.8) is 0 Å². The van der Waals surface area contributed by atoms with Gasteiger partial charge in [0.25, 0.3) is 0 Å². The van der Waals surface area contributed by atoms with Gasteiger partial charge in [-0.05, 0) is 48.7 Å². The minimum atomic E-state index is -0.103. The third-order valence-corrected chi connectivity index (χ3v) is 4.48. The highest BCUT2D eigenvalue weighted by atomic mass is 16.5. The lowest BCUT2D eigenvalue weighted by atomic mass is 10.0. The Morgan fingerprint density at radius 1 is 1.03 bits per heavy atom. The molecule has 0 unspecified atom stereocenters. The first-order valence-corrected chi connectivity index (χ1v) is 9.18. The molecule has 2 aromatic carbocycles. The molecule has 4 aromatic rings. The number of rotatable bonds is 5. The summed E-state index contributed by atoms with van der Waals surface area (Å²) in [4.78, 5) is 16.1. The lowest BCUT2D eigenvalue weighted by molar-refractivity contribution is -0.114. The molecule has 0 aliphatic rings. The summed E-state index contributed by atoms with van der Waals surface area (Å²) in [7, 11) is 1.65. The monoisotopic (exact) mass is 387 g/mol. The highest BCUT2D eigenvalue weighted by Gasteiger charge is 2.11. The molecule has 146 valence electrons. The van der Waals surface area contributed by atoms with Gasteiger partial charge in [0, 0.05) is 35.3 Å². The van der Waals surface area contributed by atoms with Crippen molar-refractivity contribution in [3.05, 3.63) is 60.3 Å². The van der Waals surface area contributed by atoms with E-state index in [1.807, 2.05) is 61.5 Å². The maximum absolute atomic E-state index is 11.3. The predicted molar refractivity (Wildman–Crippen MR) is 115 cm³/mol. The molecule has 0 saturated heterocycles. The van der Waals surface area contributed by atoms with Gasteiger partial charge in [0.15, 0.2) is 5.82 Å². The van der Waals surface area contributed by atoms with E-state index in [4.69, 9.17) is 9.72 Å². The van der Waals surface area contributed by atoms with Crippen LogP contribution in [0.15, 0.2) is 54.6 Å². The molecule has 0 fully saturated rings. The fourth-order valence-electron chi connectivity index (χ4n) is 3.18. The van der Waals surface area contributed by atoms with Gasteiger partial charge in [0.2, 0.25) is 5.91 Å². The van der Waals surface area contributed by atoms with E-state index in [0.717, 1.165) is 39.2 Å². The third kappa shape index (κ3) is 4.03. The van der Waals surface area contributed by atoms with Crippen molar-refractivity contribution in [1.82, 2.24) is 15.2 Å². The number of methoxy groups -OCH3 is 1. The second-order valence-electron chi connectivity index (χ2n) is 6.76. The van der Waals surface area contributed by atoms with Crippen molar-refractivity contribution in [2.24, 2.45) is 0 Å². The van der Waals surface area contributed by atoms with Crippen LogP contribution >= 0.6 is 0 Å². The number of ether oxygens (including phenoxy) is 1. The Morgan fingerprint density at radius 3 is 2.48 bits per heavy atom. The molecule has 0 aliphatic heterocycles. The molecule has 29 heavy (non-hydrogen) atoms. The summed E-state index contributed by atoms with van der Waals surface area (Å²) in [5.74, 6) is 2.05. The molecule has 0 spiro atoms. The fraction of sp³-hybridized carbons (Fsp3) is 0.136. The number of nitrogens with one attached hydrogen (secondary N) is 3. The summed E-state index contributed by atoms with van der Waals surface area (Å²) in [6.45, 7) is 3.43. The van der Waals surface area contributed by atoms with E-state index in [0.29, 0.717) is 11.6 Å². The van der Waals surface area contributed by atoms with E-state index in [2.05, 4.69) is 20.8 Å². The number of H-pyrrole nitrogens is 1. The summed E-state index contributed by atoms with van der Waals surface area (Å²) in [5.41, 5.74) is 3.47. The molecule has 7 nitrogen and oxygen atoms in total. The Kier molecular flexibility index (Phi) is 4.87. The van der Waals surface area contributed by atoms with Crippen molar-refractivity contribution in [3.8, 4) is 17.0 Å². The molecular weight excluding hydrogens is 366 g/mol. The number of fused-ring (bicyclic) bond motifs is 1. The van der Waals surface area contributed by atoms with E-state index in [1.165, 1.54) is 6.92 Å². The lowest BCUT2D eigenvalue weighted by Gasteiger charge is -2.12. The van der Waals surface area contributed by atoms with Gasteiger partial charge < -0.3 is 15.4 Å². The second kappa shape index (κ2) is 7.63. The SMILES string of the molecule is COc1ccc2c(-c3ccc(NC(C)=O)cc3)nc(Nc3cc(C)[nH]n3)cc2c1. The quantitative estimate of drug-likeness (QED) is 0.464. The van der Waals surface area contributed by atoms with E-state index in [9.17, 15) is 4.79 Å². The van der Waals surface area contributed by atoms with Crippen LogP contribution in [0.2, 0.25) is 0 Å². The van der Waals surface area contributed by atoms with Crippen LogP contribution in [0.25, 0.3) is 22.0 Å². The number of carbonyl (C=O) groups is 1. The average Bonchev–Trinajstić information content (AvgIpc) is 3.11. The zero-order valence-corrected chi connectivity index (χ0v) is 16.4. The summed E-state index contributed by atoms with van der Waals surface area (Å²) in [6, 6.07) is 17.4. The number of aryl methyl sites for hydroxylation is 1. The Balaban J connectivity index is 1.80. The first-order valence-electron chi connectivity index (χ1n) is 9.18. The van der Waals surface area contributed by atoms with Crippen LogP contribution < -0.4 is 15.4 Å². The van der Waals surface area contributed by atoms with Crippen LogP contribution in [0.5, 0.6) is 5.75 Å². The molecular formula is C22H21N5O2. The second-order valence-corrected chi connectivity index (χ2v) is 6.76. The van der Waals surface area contributed by atoms with Crippen molar-refractivity contribution in [2.45, 2.75) is 13.8 Å². The van der Waals surface area contributed by atoms with Gasteiger partial charge in [-0.1, -0.05) is 12.1 Å². The number of hydrogen-bond acceptors (Lipinski definition) is 5. The van der Waals surface area contributed by atoms with Crippen molar-refractivity contribution < 1.29 is 9.53 Å². The number of aromatic amines is 1. The first kappa shape index (κ1) is 18.5. The Morgan fingerprint density at radius 2 is 1.83 bits per heavy atom. The Hall–Kier alpha value is -3.87. The number of carbonyl (C=O) groups excluding carboxylic acids is 1. The van der Waals surface area contributed by atoms with E-state index < -0.39 is 0 Å². The number of pyridine rings is 1. The minimum absolute atomic E-state index is 0.103. The normalized spacial score (nSPS) is 10.7. The predicted octanol–water partition coefficient (Wildman–Crippen LogP) is 4.64. The van der Waals surface area contributed by atoms with E-state index in [1.54, 1.807) is 7.11 Å². The molecule has 2 heterocycles. The number of benzene rings is 2. The molecule has 7 heteroatoms. The average molecular weight is 387 g/mol. The van der Waals surface area contributed by atoms with Gasteiger partial charge in [-0.15, -0.1) is 0 Å². The van der Waals surface area contributed by atoms with E-state index >= 15 is 0 Å². The molecule has 0 aliphatic carbocycles. The molecule has 2 aromatic heterocycles. The van der Waals surface area contributed by atoms with Crippen LogP contribution in [0.3, 0.4) is 0 Å². The summed E-state index contributed by atoms with van der Waals surface area (Å²) >= 11 is 0. The number of nitrogens with zero attached hydrogens (tertiary/aromatic N) is 2. The number of aromatic nitrogens is 3. The maximum Gasteiger partial charge on any atom is 0.221 e. The van der Waals surface area contributed by atoms with Crippen molar-refractivity contribution in [1.29, 1.82) is 0 Å². The molecule has 4 rings (SSSR count). The smallest absolute Gasteiger partial charge is 0.221 e. The first-order chi connectivity index (χ1) is 14.0. The van der Waals surface area contributed by atoms with Crippen molar-refractivity contribution >= 4 is 34.0 Å². The van der Waals surface area contributed by atoms with Gasteiger partial charge in [-0.2, -0.15) is 5.10 Å². The van der Waals surface area contributed by atoms with Gasteiger partial charge in [0.05, 0.1) is 12.8 Å². The zero-order chi connectivity index (χ0) is 20.4. The number of anilines is 3. The van der Waals surface area contributed by atoms with E-state index in [-0.39, 0.29) is 5.91 Å². The van der Waals surface area contributed by atoms with Gasteiger partial charge in [0.1, 0.15) is 11.6 Å². The standard InChI is InChI=1S/C22H21N5O2/c1-13-10-21(27-26-13)24-20-12-16-11-18(29-3)8-9-19(16)22(25-20)15-4-6-17(7-5-15)23-14(2)28/h4-12H,1-3H3,(H,23,28)(H2,24,25,26,27). The van der Waals surface area contributed by atoms with Crippen LogP contribution in [0, 0.1) is 6.92 Å². The lowest BCUT2D eigenvalue weighted by Crippen LogP contribution is -2.05. The molecule has 0 radical (unpaired) electrons. The van der Waals surface area contributed by atoms with Gasteiger partial charge in [-0.3, -0.25) is 9.89 Å². The zero-order valence-electron chi connectivity index (χ0n) is 16.4. The fourth-order valence-corrected chi connectivity index (χ4v) is 3.18. The molecule has 0 bridgehead atoms. The third-order valence-electron chi connectivity index (χ3n) is 4.48. The van der Waals surface area contributed by atoms with Crippen LogP contribution in [0.4, 0.5) is 17.3 Å². The summed E-state index contributed by atoms with van der Waals surface area (Å²) in [5, 5.41) is 15.2. The summed E-state index contributed by atoms with van der Waals surface area (Å²) in [6.07, 6.45) is 0. The number of amides is 1.